The second-order valence-corrected chi connectivity index (χ2v) is 3.81. The van der Waals surface area contributed by atoms with Crippen LogP contribution in [0.5, 0.6) is 0 Å². The van der Waals surface area contributed by atoms with Crippen molar-refractivity contribution < 1.29 is 0 Å². The van der Waals surface area contributed by atoms with Crippen LogP contribution in [0.25, 0.3) is 0 Å². The third-order valence-electron chi connectivity index (χ3n) is 2.51. The van der Waals surface area contributed by atoms with Crippen LogP contribution in [0.1, 0.15) is 17.0 Å². The smallest absolute Gasteiger partial charge is 0.238 e. The monoisotopic (exact) mass is 224 g/mol. The number of hydrogen-bond donors (Lipinski definition) is 1. The van der Waals surface area contributed by atoms with E-state index in [-0.39, 0.29) is 0 Å². The van der Waals surface area contributed by atoms with Crippen LogP contribution in [0, 0.1) is 18.6 Å². The van der Waals surface area contributed by atoms with Gasteiger partial charge in [0, 0.05) is 18.3 Å². The third kappa shape index (κ3) is 1.70. The lowest BCUT2D eigenvalue weighted by Gasteiger charge is -2.01. The van der Waals surface area contributed by atoms with Crippen LogP contribution in [-0.4, -0.2) is 30.0 Å². The molecule has 0 saturated heterocycles. The summed E-state index contributed by atoms with van der Waals surface area (Å²) in [6, 6.07) is 0. The standard InChI is InChI=1S/C8H12N6S/c1-5-7(6(2)13(3)10-5)4-14-8(15)9-11-12-14/h4H2,1-3H3,(H,9,12,15). The molecule has 0 fully saturated rings. The van der Waals surface area contributed by atoms with E-state index in [1.165, 1.54) is 0 Å². The summed E-state index contributed by atoms with van der Waals surface area (Å²) >= 11 is 5.01. The van der Waals surface area contributed by atoms with Crippen molar-refractivity contribution in [2.75, 3.05) is 0 Å². The predicted octanol–water partition coefficient (Wildman–Crippen LogP) is 0.734. The summed E-state index contributed by atoms with van der Waals surface area (Å²) in [5.74, 6) is 0. The molecule has 7 heteroatoms. The van der Waals surface area contributed by atoms with Gasteiger partial charge in [-0.2, -0.15) is 10.3 Å². The summed E-state index contributed by atoms with van der Waals surface area (Å²) in [5.41, 5.74) is 3.29. The van der Waals surface area contributed by atoms with Crippen molar-refractivity contribution in [3.05, 3.63) is 21.7 Å². The Hall–Kier alpha value is -1.50. The van der Waals surface area contributed by atoms with Gasteiger partial charge in [0.25, 0.3) is 0 Å². The molecule has 0 radical (unpaired) electrons. The number of rotatable bonds is 2. The van der Waals surface area contributed by atoms with Crippen molar-refractivity contribution in [2.24, 2.45) is 7.05 Å². The van der Waals surface area contributed by atoms with Gasteiger partial charge in [-0.1, -0.05) is 10.3 Å². The molecule has 2 aromatic rings. The predicted molar refractivity (Wildman–Crippen MR) is 57.0 cm³/mol. The summed E-state index contributed by atoms with van der Waals surface area (Å²) in [4.78, 5) is 0. The highest BCUT2D eigenvalue weighted by molar-refractivity contribution is 7.71. The van der Waals surface area contributed by atoms with Gasteiger partial charge in [0.05, 0.1) is 12.2 Å². The number of nitrogens with one attached hydrogen (secondary N) is 1. The van der Waals surface area contributed by atoms with Gasteiger partial charge in [0.1, 0.15) is 0 Å². The van der Waals surface area contributed by atoms with Crippen molar-refractivity contribution in [1.82, 2.24) is 30.0 Å². The zero-order valence-corrected chi connectivity index (χ0v) is 9.67. The Labute approximate surface area is 91.9 Å². The molecule has 0 aliphatic heterocycles. The van der Waals surface area contributed by atoms with E-state index in [1.54, 1.807) is 4.68 Å². The highest BCUT2D eigenvalue weighted by Gasteiger charge is 2.10. The lowest BCUT2D eigenvalue weighted by atomic mass is 10.2. The van der Waals surface area contributed by atoms with Crippen LogP contribution < -0.4 is 0 Å². The van der Waals surface area contributed by atoms with Gasteiger partial charge in [-0.25, -0.2) is 4.68 Å². The van der Waals surface area contributed by atoms with Crippen LogP contribution in [0.15, 0.2) is 0 Å². The maximum atomic E-state index is 5.01. The molecule has 6 nitrogen and oxygen atoms in total. The highest BCUT2D eigenvalue weighted by Crippen LogP contribution is 2.12. The first kappa shape index (κ1) is 10.0. The number of tetrazole rings is 1. The number of aromatic amines is 1. The highest BCUT2D eigenvalue weighted by atomic mass is 32.1. The molecule has 0 aliphatic rings. The molecule has 0 spiro atoms. The van der Waals surface area contributed by atoms with Gasteiger partial charge in [-0.3, -0.25) is 4.68 Å². The Morgan fingerprint density at radius 3 is 2.60 bits per heavy atom. The molecule has 0 amide bonds. The van der Waals surface area contributed by atoms with Crippen LogP contribution in [0.3, 0.4) is 0 Å². The Balaban J connectivity index is 2.40. The second-order valence-electron chi connectivity index (χ2n) is 3.44. The fraction of sp³-hybridized carbons (Fsp3) is 0.500. The van der Waals surface area contributed by atoms with E-state index < -0.39 is 0 Å². The van der Waals surface area contributed by atoms with Crippen LogP contribution in [-0.2, 0) is 13.6 Å². The van der Waals surface area contributed by atoms with E-state index in [9.17, 15) is 0 Å². The second kappa shape index (κ2) is 3.58. The molecule has 0 bridgehead atoms. The van der Waals surface area contributed by atoms with Crippen molar-refractivity contribution >= 4 is 12.2 Å². The summed E-state index contributed by atoms with van der Waals surface area (Å²) < 4.78 is 4.03. The molecule has 0 aromatic carbocycles. The van der Waals surface area contributed by atoms with Gasteiger partial charge in [0.2, 0.25) is 4.77 Å². The Morgan fingerprint density at radius 1 is 1.40 bits per heavy atom. The minimum absolute atomic E-state index is 0.456. The fourth-order valence-electron chi connectivity index (χ4n) is 1.52. The summed E-state index contributed by atoms with van der Waals surface area (Å²) in [7, 11) is 1.93. The molecule has 1 N–H and O–H groups in total. The van der Waals surface area contributed by atoms with Gasteiger partial charge < -0.3 is 0 Å². The van der Waals surface area contributed by atoms with E-state index in [0.717, 1.165) is 17.0 Å². The van der Waals surface area contributed by atoms with E-state index in [2.05, 4.69) is 20.6 Å². The number of hydrogen-bond acceptors (Lipinski definition) is 4. The van der Waals surface area contributed by atoms with Gasteiger partial charge in [-0.15, -0.1) is 0 Å². The largest absolute Gasteiger partial charge is 0.272 e. The zero-order chi connectivity index (χ0) is 11.0. The van der Waals surface area contributed by atoms with Crippen LogP contribution in [0.2, 0.25) is 0 Å². The quantitative estimate of drug-likeness (QED) is 0.764. The minimum atomic E-state index is 0.456. The molecule has 2 aromatic heterocycles. The molecular weight excluding hydrogens is 212 g/mol. The van der Waals surface area contributed by atoms with Gasteiger partial charge in [-0.05, 0) is 26.1 Å². The Morgan fingerprint density at radius 2 is 2.13 bits per heavy atom. The van der Waals surface area contributed by atoms with Gasteiger partial charge in [0.15, 0.2) is 0 Å². The molecule has 2 rings (SSSR count). The van der Waals surface area contributed by atoms with E-state index in [4.69, 9.17) is 12.2 Å². The molecule has 2 heterocycles. The average Bonchev–Trinajstić information content (AvgIpc) is 2.67. The number of aromatic nitrogens is 6. The van der Waals surface area contributed by atoms with Crippen LogP contribution >= 0.6 is 12.2 Å². The first-order valence-corrected chi connectivity index (χ1v) is 4.97. The van der Waals surface area contributed by atoms with E-state index in [0.29, 0.717) is 11.3 Å². The normalized spacial score (nSPS) is 10.9. The molecule has 0 saturated carbocycles. The summed E-state index contributed by atoms with van der Waals surface area (Å²) in [5, 5.41) is 14.4. The van der Waals surface area contributed by atoms with E-state index >= 15 is 0 Å². The fourth-order valence-corrected chi connectivity index (χ4v) is 1.67. The number of H-pyrrole nitrogens is 1. The van der Waals surface area contributed by atoms with Gasteiger partial charge >= 0.3 is 0 Å². The van der Waals surface area contributed by atoms with Crippen molar-refractivity contribution in [3.63, 3.8) is 0 Å². The average molecular weight is 224 g/mol. The van der Waals surface area contributed by atoms with Crippen molar-refractivity contribution in [1.29, 1.82) is 0 Å². The van der Waals surface area contributed by atoms with Crippen molar-refractivity contribution in [2.45, 2.75) is 20.4 Å². The molecule has 15 heavy (non-hydrogen) atoms. The Kier molecular flexibility index (Phi) is 2.39. The molecule has 0 unspecified atom stereocenters. The molecule has 0 aliphatic carbocycles. The maximum Gasteiger partial charge on any atom is 0.238 e. The third-order valence-corrected chi connectivity index (χ3v) is 2.81. The zero-order valence-electron chi connectivity index (χ0n) is 8.85. The first-order chi connectivity index (χ1) is 7.09. The molecule has 80 valence electrons. The molecule has 0 atom stereocenters. The number of aryl methyl sites for hydroxylation is 2. The van der Waals surface area contributed by atoms with Crippen LogP contribution in [0.4, 0.5) is 0 Å². The number of nitrogens with zero attached hydrogens (tertiary/aromatic N) is 5. The lowest BCUT2D eigenvalue weighted by molar-refractivity contribution is 0.636. The maximum absolute atomic E-state index is 5.01. The lowest BCUT2D eigenvalue weighted by Crippen LogP contribution is -2.04. The minimum Gasteiger partial charge on any atom is -0.272 e. The summed E-state index contributed by atoms with van der Waals surface area (Å²) in [6.45, 7) is 4.65. The Bertz CT molecular complexity index is 534. The molecular formula is C8H12N6S. The summed E-state index contributed by atoms with van der Waals surface area (Å²) in [6.07, 6.45) is 0. The first-order valence-electron chi connectivity index (χ1n) is 4.56. The topological polar surface area (TPSA) is 64.3 Å². The van der Waals surface area contributed by atoms with Crippen molar-refractivity contribution in [3.8, 4) is 0 Å². The SMILES string of the molecule is Cc1nn(C)c(C)c1Cn1[nH]nnc1=S. The van der Waals surface area contributed by atoms with E-state index in [1.807, 2.05) is 25.6 Å².